The second-order valence-electron chi connectivity index (χ2n) is 6.23. The Balaban J connectivity index is 0.00000111. The van der Waals surface area contributed by atoms with Gasteiger partial charge in [0.2, 0.25) is 0 Å². The highest BCUT2D eigenvalue weighted by atomic mass is 15.4. The Labute approximate surface area is 174 Å². The minimum atomic E-state index is 0.277. The molecule has 0 aliphatic carbocycles. The molecule has 0 N–H and O–H groups in total. The van der Waals surface area contributed by atoms with E-state index < -0.39 is 0 Å². The molecule has 2 aromatic rings. The van der Waals surface area contributed by atoms with Crippen molar-refractivity contribution in [2.45, 2.75) is 68.5 Å². The van der Waals surface area contributed by atoms with Crippen molar-refractivity contribution < 1.29 is 0 Å². The zero-order chi connectivity index (χ0) is 21.9. The zero-order valence-electron chi connectivity index (χ0n) is 19.5. The summed E-state index contributed by atoms with van der Waals surface area (Å²) in [5.41, 5.74) is 7.92. The Bertz CT molecular complexity index is 644. The quantitative estimate of drug-likeness (QED) is 0.488. The van der Waals surface area contributed by atoms with E-state index in [1.807, 2.05) is 27.7 Å². The second kappa shape index (κ2) is 12.8. The van der Waals surface area contributed by atoms with Gasteiger partial charge in [-0.3, -0.25) is 0 Å². The summed E-state index contributed by atoms with van der Waals surface area (Å²) < 4.78 is 0. The van der Waals surface area contributed by atoms with Gasteiger partial charge in [0.05, 0.1) is 0 Å². The predicted molar refractivity (Wildman–Crippen MR) is 129 cm³/mol. The molecular formula is C26H40N2. The first-order chi connectivity index (χ1) is 13.5. The normalized spacial score (nSPS) is 12.3. The number of hydrogen-bond acceptors (Lipinski definition) is 2. The van der Waals surface area contributed by atoms with Gasteiger partial charge in [-0.05, 0) is 56.9 Å². The summed E-state index contributed by atoms with van der Waals surface area (Å²) >= 11 is 0. The molecule has 0 saturated heterocycles. The average Bonchev–Trinajstić information content (AvgIpc) is 3.07. The van der Waals surface area contributed by atoms with Gasteiger partial charge in [0.1, 0.15) is 6.17 Å². The van der Waals surface area contributed by atoms with Crippen LogP contribution >= 0.6 is 0 Å². The highest BCUT2D eigenvalue weighted by molar-refractivity contribution is 5.69. The molecule has 0 saturated carbocycles. The van der Waals surface area contributed by atoms with Gasteiger partial charge in [-0.25, -0.2) is 0 Å². The maximum absolute atomic E-state index is 3.00. The van der Waals surface area contributed by atoms with E-state index in [9.17, 15) is 0 Å². The van der Waals surface area contributed by atoms with Gasteiger partial charge in [-0.15, -0.1) is 13.2 Å². The number of nitrogens with zero attached hydrogens (tertiary/aromatic N) is 2. The summed E-state index contributed by atoms with van der Waals surface area (Å²) in [4.78, 5) is 4.74. The van der Waals surface area contributed by atoms with Gasteiger partial charge < -0.3 is 9.80 Å². The van der Waals surface area contributed by atoms with Gasteiger partial charge in [-0.1, -0.05) is 64.1 Å². The van der Waals surface area contributed by atoms with Crippen LogP contribution in [-0.4, -0.2) is 6.17 Å². The number of rotatable bonds is 2. The molecule has 0 spiro atoms. The summed E-state index contributed by atoms with van der Waals surface area (Å²) in [6.45, 7) is 25.0. The van der Waals surface area contributed by atoms with Crippen LogP contribution in [0.4, 0.5) is 11.4 Å². The predicted octanol–water partition coefficient (Wildman–Crippen LogP) is 7.92. The fourth-order valence-corrected chi connectivity index (χ4v) is 3.48. The molecule has 0 fully saturated rings. The van der Waals surface area contributed by atoms with E-state index >= 15 is 0 Å². The monoisotopic (exact) mass is 380 g/mol. The number of benzene rings is 2. The van der Waals surface area contributed by atoms with Crippen LogP contribution < -0.4 is 9.80 Å². The zero-order valence-corrected chi connectivity index (χ0v) is 19.5. The maximum Gasteiger partial charge on any atom is 0.107 e. The van der Waals surface area contributed by atoms with Crippen molar-refractivity contribution in [2.75, 3.05) is 9.80 Å². The molecule has 1 heterocycles. The molecule has 0 unspecified atom stereocenters. The van der Waals surface area contributed by atoms with Crippen molar-refractivity contribution in [3.63, 3.8) is 0 Å². The van der Waals surface area contributed by atoms with E-state index in [4.69, 9.17) is 0 Å². The first-order valence-corrected chi connectivity index (χ1v) is 10.4. The minimum absolute atomic E-state index is 0.277. The van der Waals surface area contributed by atoms with Crippen LogP contribution in [0.25, 0.3) is 0 Å². The van der Waals surface area contributed by atoms with Crippen LogP contribution in [0, 0.1) is 27.7 Å². The van der Waals surface area contributed by atoms with E-state index in [1.54, 1.807) is 0 Å². The first-order valence-electron chi connectivity index (χ1n) is 10.4. The van der Waals surface area contributed by atoms with Gasteiger partial charge in [0, 0.05) is 23.8 Å². The molecule has 2 aromatic carbocycles. The van der Waals surface area contributed by atoms with Crippen molar-refractivity contribution in [2.24, 2.45) is 0 Å². The third-order valence-corrected chi connectivity index (χ3v) is 4.59. The maximum atomic E-state index is 3.00. The van der Waals surface area contributed by atoms with E-state index in [0.29, 0.717) is 0 Å². The fourth-order valence-electron chi connectivity index (χ4n) is 3.48. The van der Waals surface area contributed by atoms with E-state index in [1.165, 1.54) is 33.6 Å². The first kappa shape index (κ1) is 25.5. The third-order valence-electron chi connectivity index (χ3n) is 4.59. The molecule has 0 aromatic heterocycles. The van der Waals surface area contributed by atoms with Crippen molar-refractivity contribution in [1.29, 1.82) is 0 Å². The van der Waals surface area contributed by atoms with Crippen molar-refractivity contribution in [1.82, 2.24) is 0 Å². The Hall–Kier alpha value is -2.48. The van der Waals surface area contributed by atoms with Crippen molar-refractivity contribution in [3.05, 3.63) is 84.2 Å². The van der Waals surface area contributed by atoms with Gasteiger partial charge in [-0.2, -0.15) is 0 Å². The molecule has 2 heteroatoms. The molecular weight excluding hydrogens is 340 g/mol. The average molecular weight is 381 g/mol. The highest BCUT2D eigenvalue weighted by Crippen LogP contribution is 2.35. The smallest absolute Gasteiger partial charge is 0.107 e. The summed E-state index contributed by atoms with van der Waals surface area (Å²) in [5, 5.41) is 0. The number of anilines is 2. The molecule has 1 aliphatic rings. The number of hydrogen-bond donors (Lipinski definition) is 0. The van der Waals surface area contributed by atoms with Gasteiger partial charge in [0.15, 0.2) is 0 Å². The van der Waals surface area contributed by atoms with E-state index in [0.717, 1.165) is 0 Å². The van der Waals surface area contributed by atoms with Crippen LogP contribution in [0.2, 0.25) is 0 Å². The van der Waals surface area contributed by atoms with E-state index in [-0.39, 0.29) is 6.17 Å². The number of para-hydroxylation sites is 2. The van der Waals surface area contributed by atoms with Crippen molar-refractivity contribution >= 4 is 11.4 Å². The lowest BCUT2D eigenvalue weighted by Crippen LogP contribution is -2.37. The molecule has 0 bridgehead atoms. The SMILES string of the molecule is C=C.CC.CC.Cc1cccc(C)c1N1C=CN(c2c(C)cccc2C)C1C. The fraction of sp³-hybridized carbons (Fsp3) is 0.385. The van der Waals surface area contributed by atoms with Crippen molar-refractivity contribution in [3.8, 4) is 0 Å². The summed E-state index contributed by atoms with van der Waals surface area (Å²) in [7, 11) is 0. The van der Waals surface area contributed by atoms with Crippen LogP contribution in [-0.2, 0) is 0 Å². The van der Waals surface area contributed by atoms with Crippen LogP contribution in [0.15, 0.2) is 62.0 Å². The van der Waals surface area contributed by atoms with Crippen LogP contribution in [0.5, 0.6) is 0 Å². The lowest BCUT2D eigenvalue weighted by Gasteiger charge is -2.33. The Morgan fingerprint density at radius 2 is 0.857 bits per heavy atom. The molecule has 28 heavy (non-hydrogen) atoms. The summed E-state index contributed by atoms with van der Waals surface area (Å²) in [6.07, 6.45) is 4.68. The van der Waals surface area contributed by atoms with E-state index in [2.05, 4.69) is 106 Å². The largest absolute Gasteiger partial charge is 0.325 e. The summed E-state index contributed by atoms with van der Waals surface area (Å²) in [6, 6.07) is 13.0. The third kappa shape index (κ3) is 5.51. The molecule has 0 radical (unpaired) electrons. The minimum Gasteiger partial charge on any atom is -0.325 e. The molecule has 2 nitrogen and oxygen atoms in total. The lowest BCUT2D eigenvalue weighted by atomic mass is 10.1. The lowest BCUT2D eigenvalue weighted by molar-refractivity contribution is 0.743. The number of aryl methyl sites for hydroxylation is 4. The Kier molecular flexibility index (Phi) is 11.7. The molecule has 1 aliphatic heterocycles. The molecule has 0 amide bonds. The molecule has 3 rings (SSSR count). The Morgan fingerprint density at radius 3 is 1.11 bits per heavy atom. The van der Waals surface area contributed by atoms with Gasteiger partial charge >= 0.3 is 0 Å². The van der Waals surface area contributed by atoms with Crippen LogP contribution in [0.3, 0.4) is 0 Å². The highest BCUT2D eigenvalue weighted by Gasteiger charge is 2.27. The summed E-state index contributed by atoms with van der Waals surface area (Å²) in [5.74, 6) is 0. The molecule has 154 valence electrons. The van der Waals surface area contributed by atoms with Crippen LogP contribution in [0.1, 0.15) is 56.9 Å². The van der Waals surface area contributed by atoms with Gasteiger partial charge in [0.25, 0.3) is 0 Å². The Morgan fingerprint density at radius 1 is 0.607 bits per heavy atom. The second-order valence-corrected chi connectivity index (χ2v) is 6.23. The topological polar surface area (TPSA) is 6.48 Å². The standard InChI is InChI=1S/C20H24N2.2C2H6.C2H4/c1-14-8-6-9-15(2)19(14)21-12-13-22(18(21)5)20-16(3)10-7-11-17(20)4;3*1-2/h6-13,18H,1-5H3;2*1-2H3;1-2H2. The molecule has 0 atom stereocenters.